The van der Waals surface area contributed by atoms with Crippen LogP contribution in [-0.4, -0.2) is 28.0 Å². The van der Waals surface area contributed by atoms with Gasteiger partial charge in [-0.05, 0) is 55.8 Å². The van der Waals surface area contributed by atoms with E-state index in [1.54, 1.807) is 48.5 Å². The Morgan fingerprint density at radius 3 is 2.32 bits per heavy atom. The Bertz CT molecular complexity index is 1450. The SMILES string of the molecule is Cc1csc(NC(=O)C(C)Sc2cccc(NC(=O)/C(=C/c3ccccc3)NC(=O)c3ccccc3)c2)n1. The van der Waals surface area contributed by atoms with Crippen molar-refractivity contribution in [2.45, 2.75) is 24.0 Å². The second-order valence-electron chi connectivity index (χ2n) is 8.31. The monoisotopic (exact) mass is 542 g/mol. The zero-order chi connectivity index (χ0) is 26.9. The van der Waals surface area contributed by atoms with Crippen LogP contribution in [0.1, 0.15) is 28.5 Å². The van der Waals surface area contributed by atoms with Crippen molar-refractivity contribution >= 4 is 57.7 Å². The molecule has 3 N–H and O–H groups in total. The Kier molecular flexibility index (Phi) is 9.07. The largest absolute Gasteiger partial charge is 0.321 e. The molecule has 0 saturated heterocycles. The number of thiazole rings is 1. The fourth-order valence-electron chi connectivity index (χ4n) is 3.38. The van der Waals surface area contributed by atoms with Gasteiger partial charge in [0.2, 0.25) is 5.91 Å². The number of benzene rings is 3. The molecule has 1 unspecified atom stereocenters. The van der Waals surface area contributed by atoms with Crippen LogP contribution in [0.5, 0.6) is 0 Å². The van der Waals surface area contributed by atoms with Crippen molar-refractivity contribution in [3.63, 3.8) is 0 Å². The Morgan fingerprint density at radius 2 is 1.63 bits per heavy atom. The molecule has 4 aromatic rings. The maximum atomic E-state index is 13.3. The normalized spacial score (nSPS) is 11.9. The third-order valence-electron chi connectivity index (χ3n) is 5.26. The summed E-state index contributed by atoms with van der Waals surface area (Å²) in [4.78, 5) is 43.7. The van der Waals surface area contributed by atoms with Gasteiger partial charge in [-0.15, -0.1) is 23.1 Å². The maximum Gasteiger partial charge on any atom is 0.272 e. The number of aromatic nitrogens is 1. The van der Waals surface area contributed by atoms with Crippen molar-refractivity contribution < 1.29 is 14.4 Å². The number of thioether (sulfide) groups is 1. The van der Waals surface area contributed by atoms with Gasteiger partial charge in [0.15, 0.2) is 5.13 Å². The molecule has 38 heavy (non-hydrogen) atoms. The summed E-state index contributed by atoms with van der Waals surface area (Å²) in [6.45, 7) is 3.68. The summed E-state index contributed by atoms with van der Waals surface area (Å²) >= 11 is 2.75. The Balaban J connectivity index is 1.46. The molecule has 192 valence electrons. The first-order valence-corrected chi connectivity index (χ1v) is 13.6. The highest BCUT2D eigenvalue weighted by Crippen LogP contribution is 2.27. The lowest BCUT2D eigenvalue weighted by Crippen LogP contribution is -2.30. The molecule has 3 amide bonds. The van der Waals surface area contributed by atoms with Gasteiger partial charge in [-0.1, -0.05) is 54.6 Å². The number of carbonyl (C=O) groups is 3. The predicted octanol–water partition coefficient (Wildman–Crippen LogP) is 5.98. The predicted molar refractivity (Wildman–Crippen MR) is 154 cm³/mol. The molecular weight excluding hydrogens is 516 g/mol. The van der Waals surface area contributed by atoms with Gasteiger partial charge in [0.05, 0.1) is 10.9 Å². The first-order chi connectivity index (χ1) is 18.4. The van der Waals surface area contributed by atoms with E-state index in [4.69, 9.17) is 0 Å². The second-order valence-corrected chi connectivity index (χ2v) is 10.6. The Hall–Kier alpha value is -4.21. The van der Waals surface area contributed by atoms with E-state index in [0.717, 1.165) is 16.2 Å². The molecule has 0 radical (unpaired) electrons. The zero-order valence-corrected chi connectivity index (χ0v) is 22.4. The molecule has 3 aromatic carbocycles. The molecule has 1 atom stereocenters. The molecule has 7 nitrogen and oxygen atoms in total. The molecule has 4 rings (SSSR count). The average Bonchev–Trinajstić information content (AvgIpc) is 3.33. The maximum absolute atomic E-state index is 13.3. The molecule has 0 aliphatic carbocycles. The zero-order valence-electron chi connectivity index (χ0n) is 20.8. The Morgan fingerprint density at radius 1 is 0.921 bits per heavy atom. The molecule has 0 bridgehead atoms. The van der Waals surface area contributed by atoms with Crippen LogP contribution in [0.4, 0.5) is 10.8 Å². The van der Waals surface area contributed by atoms with Crippen LogP contribution < -0.4 is 16.0 Å². The highest BCUT2D eigenvalue weighted by Gasteiger charge is 2.18. The van der Waals surface area contributed by atoms with Gasteiger partial charge in [-0.2, -0.15) is 0 Å². The fraction of sp³-hybridized carbons (Fsp3) is 0.103. The van der Waals surface area contributed by atoms with Crippen LogP contribution in [0, 0.1) is 6.92 Å². The number of hydrogen-bond acceptors (Lipinski definition) is 6. The van der Waals surface area contributed by atoms with Gasteiger partial charge in [0.25, 0.3) is 11.8 Å². The Labute approximate surface area is 229 Å². The smallest absolute Gasteiger partial charge is 0.272 e. The molecule has 1 heterocycles. The molecule has 0 fully saturated rings. The summed E-state index contributed by atoms with van der Waals surface area (Å²) < 4.78 is 0. The van der Waals surface area contributed by atoms with E-state index in [-0.39, 0.29) is 22.8 Å². The van der Waals surface area contributed by atoms with E-state index in [0.29, 0.717) is 16.4 Å². The summed E-state index contributed by atoms with van der Waals surface area (Å²) in [6, 6.07) is 25.2. The minimum absolute atomic E-state index is 0.106. The van der Waals surface area contributed by atoms with Crippen LogP contribution in [-0.2, 0) is 9.59 Å². The fourth-order valence-corrected chi connectivity index (χ4v) is 5.00. The van der Waals surface area contributed by atoms with Crippen LogP contribution >= 0.6 is 23.1 Å². The average molecular weight is 543 g/mol. The van der Waals surface area contributed by atoms with Crippen LogP contribution in [0.2, 0.25) is 0 Å². The second kappa shape index (κ2) is 12.8. The van der Waals surface area contributed by atoms with Crippen LogP contribution in [0.25, 0.3) is 6.08 Å². The number of aryl methyl sites for hydroxylation is 1. The van der Waals surface area contributed by atoms with E-state index in [1.807, 2.05) is 61.7 Å². The first-order valence-electron chi connectivity index (χ1n) is 11.8. The van der Waals surface area contributed by atoms with Gasteiger partial charge in [0.1, 0.15) is 5.70 Å². The third-order valence-corrected chi connectivity index (χ3v) is 7.23. The van der Waals surface area contributed by atoms with Crippen molar-refractivity contribution in [2.24, 2.45) is 0 Å². The van der Waals surface area contributed by atoms with Crippen molar-refractivity contribution in [2.75, 3.05) is 10.6 Å². The molecule has 0 aliphatic heterocycles. The number of rotatable bonds is 9. The third kappa shape index (κ3) is 7.64. The van der Waals surface area contributed by atoms with E-state index >= 15 is 0 Å². The number of amides is 3. The summed E-state index contributed by atoms with van der Waals surface area (Å²) in [5.41, 5.74) is 2.71. The molecule has 0 aliphatic rings. The van der Waals surface area contributed by atoms with Gasteiger partial charge < -0.3 is 16.0 Å². The van der Waals surface area contributed by atoms with Crippen molar-refractivity contribution in [3.8, 4) is 0 Å². The summed E-state index contributed by atoms with van der Waals surface area (Å²) in [7, 11) is 0. The summed E-state index contributed by atoms with van der Waals surface area (Å²) in [6.07, 6.45) is 1.63. The van der Waals surface area contributed by atoms with Gasteiger partial charge in [-0.3, -0.25) is 14.4 Å². The van der Waals surface area contributed by atoms with E-state index in [1.165, 1.54) is 23.1 Å². The van der Waals surface area contributed by atoms with Crippen molar-refractivity contribution in [3.05, 3.63) is 113 Å². The first kappa shape index (κ1) is 26.8. The lowest BCUT2D eigenvalue weighted by Gasteiger charge is -2.13. The van der Waals surface area contributed by atoms with Crippen LogP contribution in [0.3, 0.4) is 0 Å². The number of nitrogens with one attached hydrogen (secondary N) is 3. The van der Waals surface area contributed by atoms with Gasteiger partial charge in [-0.25, -0.2) is 4.98 Å². The van der Waals surface area contributed by atoms with E-state index in [9.17, 15) is 14.4 Å². The summed E-state index contributed by atoms with van der Waals surface area (Å²) in [5.74, 6) is -1.01. The minimum Gasteiger partial charge on any atom is -0.321 e. The van der Waals surface area contributed by atoms with Crippen LogP contribution in [0.15, 0.2) is 101 Å². The number of nitrogens with zero attached hydrogens (tertiary/aromatic N) is 1. The lowest BCUT2D eigenvalue weighted by molar-refractivity contribution is -0.115. The van der Waals surface area contributed by atoms with E-state index < -0.39 is 5.91 Å². The lowest BCUT2D eigenvalue weighted by atomic mass is 10.1. The summed E-state index contributed by atoms with van der Waals surface area (Å²) in [5, 5.41) is 10.5. The van der Waals surface area contributed by atoms with Crippen molar-refractivity contribution in [1.29, 1.82) is 0 Å². The quantitative estimate of drug-likeness (QED) is 0.178. The van der Waals surface area contributed by atoms with Gasteiger partial charge >= 0.3 is 0 Å². The number of hydrogen-bond donors (Lipinski definition) is 3. The molecular formula is C29H26N4O3S2. The topological polar surface area (TPSA) is 100 Å². The number of carbonyl (C=O) groups excluding carboxylic acids is 3. The number of anilines is 2. The minimum atomic E-state index is -0.467. The van der Waals surface area contributed by atoms with Crippen molar-refractivity contribution in [1.82, 2.24) is 10.3 Å². The van der Waals surface area contributed by atoms with Gasteiger partial charge in [0, 0.05) is 21.5 Å². The highest BCUT2D eigenvalue weighted by molar-refractivity contribution is 8.00. The molecule has 0 spiro atoms. The highest BCUT2D eigenvalue weighted by atomic mass is 32.2. The molecule has 9 heteroatoms. The standard InChI is InChI=1S/C29H26N4O3S2/c1-19-18-37-29(30-19)33-26(34)20(2)38-24-15-9-14-23(17-24)31-28(36)25(16-21-10-5-3-6-11-21)32-27(35)22-12-7-4-8-13-22/h3-18,20H,1-2H3,(H,31,36)(H,32,35)(H,30,33,34)/b25-16-. The molecule has 0 saturated carbocycles. The van der Waals surface area contributed by atoms with E-state index in [2.05, 4.69) is 20.9 Å². The molecule has 1 aromatic heterocycles.